The van der Waals surface area contributed by atoms with Crippen molar-refractivity contribution in [3.05, 3.63) is 78.1 Å². The first kappa shape index (κ1) is 18.8. The highest BCUT2D eigenvalue weighted by atomic mass is 16.4. The molecule has 0 radical (unpaired) electrons. The van der Waals surface area contributed by atoms with Gasteiger partial charge in [0.15, 0.2) is 0 Å². The summed E-state index contributed by atoms with van der Waals surface area (Å²) in [6.45, 7) is 1.54. The van der Waals surface area contributed by atoms with E-state index in [1.165, 1.54) is 5.56 Å². The number of hydrogen-bond donors (Lipinski definition) is 3. The Morgan fingerprint density at radius 2 is 1.46 bits per heavy atom. The molecule has 3 N–H and O–H groups in total. The third-order valence-corrected chi connectivity index (χ3v) is 3.19. The van der Waals surface area contributed by atoms with E-state index < -0.39 is 11.9 Å². The van der Waals surface area contributed by atoms with Crippen LogP contribution in [0.3, 0.4) is 0 Å². The number of aliphatic carboxylic acids is 2. The molecule has 0 fully saturated rings. The second kappa shape index (κ2) is 9.70. The number of carboxylic acid groups (broad SMARTS) is 2. The van der Waals surface area contributed by atoms with Crippen molar-refractivity contribution in [2.45, 2.75) is 13.1 Å². The van der Waals surface area contributed by atoms with Crippen molar-refractivity contribution in [1.29, 1.82) is 0 Å². The first-order chi connectivity index (χ1) is 12.6. The van der Waals surface area contributed by atoms with E-state index in [0.717, 1.165) is 17.9 Å². The summed E-state index contributed by atoms with van der Waals surface area (Å²) < 4.78 is 0. The van der Waals surface area contributed by atoms with Crippen molar-refractivity contribution >= 4 is 11.9 Å². The van der Waals surface area contributed by atoms with Gasteiger partial charge in [0.05, 0.1) is 17.6 Å². The van der Waals surface area contributed by atoms with Gasteiger partial charge in [-0.15, -0.1) is 0 Å². The molecule has 3 aromatic rings. The minimum absolute atomic E-state index is 0.710. The number of carboxylic acids is 2. The van der Waals surface area contributed by atoms with Crippen molar-refractivity contribution in [3.63, 3.8) is 0 Å². The van der Waals surface area contributed by atoms with E-state index in [2.05, 4.69) is 27.6 Å². The summed E-state index contributed by atoms with van der Waals surface area (Å²) in [4.78, 5) is 19.9. The molecule has 0 unspecified atom stereocenters. The van der Waals surface area contributed by atoms with E-state index in [1.807, 2.05) is 48.5 Å². The van der Waals surface area contributed by atoms with Crippen molar-refractivity contribution < 1.29 is 19.8 Å². The van der Waals surface area contributed by atoms with E-state index in [1.54, 1.807) is 11.0 Å². The lowest BCUT2D eigenvalue weighted by atomic mass is 10.2. The highest BCUT2D eigenvalue weighted by molar-refractivity contribution is 6.27. The van der Waals surface area contributed by atoms with E-state index >= 15 is 0 Å². The molecule has 8 heteroatoms. The Bertz CT molecular complexity index is 823. The maximum Gasteiger partial charge on any atom is 0.414 e. The van der Waals surface area contributed by atoms with Gasteiger partial charge in [0.25, 0.3) is 0 Å². The van der Waals surface area contributed by atoms with Crippen LogP contribution in [0.2, 0.25) is 0 Å². The van der Waals surface area contributed by atoms with Gasteiger partial charge in [-0.05, 0) is 17.7 Å². The van der Waals surface area contributed by atoms with Gasteiger partial charge in [0.2, 0.25) is 0 Å². The molecule has 8 nitrogen and oxygen atoms in total. The predicted molar refractivity (Wildman–Crippen MR) is 93.6 cm³/mol. The lowest BCUT2D eigenvalue weighted by Crippen LogP contribution is -2.13. The summed E-state index contributed by atoms with van der Waals surface area (Å²) >= 11 is 0. The van der Waals surface area contributed by atoms with Crippen molar-refractivity contribution in [2.75, 3.05) is 0 Å². The van der Waals surface area contributed by atoms with Gasteiger partial charge in [0.1, 0.15) is 0 Å². The number of benzene rings is 2. The van der Waals surface area contributed by atoms with E-state index in [0.29, 0.717) is 6.54 Å². The Labute approximate surface area is 149 Å². The second-order valence-electron chi connectivity index (χ2n) is 5.16. The van der Waals surface area contributed by atoms with Crippen LogP contribution in [0.25, 0.3) is 5.69 Å². The molecule has 0 aliphatic heterocycles. The molecule has 0 saturated carbocycles. The fourth-order valence-corrected chi connectivity index (χ4v) is 1.99. The number of para-hydroxylation sites is 1. The van der Waals surface area contributed by atoms with Crippen LogP contribution in [-0.4, -0.2) is 37.1 Å². The Kier molecular flexibility index (Phi) is 7.02. The zero-order valence-corrected chi connectivity index (χ0v) is 13.8. The molecule has 1 heterocycles. The van der Waals surface area contributed by atoms with E-state index in [-0.39, 0.29) is 0 Å². The average molecular weight is 354 g/mol. The Morgan fingerprint density at radius 3 is 2.04 bits per heavy atom. The third-order valence-electron chi connectivity index (χ3n) is 3.19. The molecule has 2 aromatic carbocycles. The average Bonchev–Trinajstić information content (AvgIpc) is 3.13. The summed E-state index contributed by atoms with van der Waals surface area (Å²) in [6.07, 6.45) is 1.80. The second-order valence-corrected chi connectivity index (χ2v) is 5.16. The maximum atomic E-state index is 9.10. The van der Waals surface area contributed by atoms with Crippen LogP contribution in [0.15, 0.2) is 66.9 Å². The van der Waals surface area contributed by atoms with Gasteiger partial charge in [-0.1, -0.05) is 48.5 Å². The van der Waals surface area contributed by atoms with E-state index in [9.17, 15) is 0 Å². The largest absolute Gasteiger partial charge is 0.473 e. The molecule has 0 bridgehead atoms. The summed E-state index contributed by atoms with van der Waals surface area (Å²) in [6, 6.07) is 20.2. The molecule has 1 aromatic heterocycles. The fourth-order valence-electron chi connectivity index (χ4n) is 1.99. The van der Waals surface area contributed by atoms with Crippen LogP contribution in [0, 0.1) is 0 Å². The Hall–Kier alpha value is -3.52. The van der Waals surface area contributed by atoms with Crippen LogP contribution in [-0.2, 0) is 22.7 Å². The minimum Gasteiger partial charge on any atom is -0.473 e. The molecule has 0 atom stereocenters. The highest BCUT2D eigenvalue weighted by Gasteiger charge is 2.04. The van der Waals surface area contributed by atoms with Crippen molar-refractivity contribution in [1.82, 2.24) is 20.3 Å². The topological polar surface area (TPSA) is 117 Å². The SMILES string of the molecule is O=C(O)C(=O)O.c1ccc(CNCc2cnn(-c3ccccc3)n2)cc1. The summed E-state index contributed by atoms with van der Waals surface area (Å²) in [5, 5.41) is 26.9. The van der Waals surface area contributed by atoms with Crippen LogP contribution >= 0.6 is 0 Å². The first-order valence-electron chi connectivity index (χ1n) is 7.74. The molecule has 0 saturated heterocycles. The molecule has 0 aliphatic rings. The summed E-state index contributed by atoms with van der Waals surface area (Å²) in [5.41, 5.74) is 3.18. The van der Waals surface area contributed by atoms with Crippen LogP contribution in [0.5, 0.6) is 0 Å². The van der Waals surface area contributed by atoms with Gasteiger partial charge in [0, 0.05) is 13.1 Å². The number of rotatable bonds is 5. The molecule has 0 spiro atoms. The summed E-state index contributed by atoms with van der Waals surface area (Å²) in [7, 11) is 0. The zero-order chi connectivity index (χ0) is 18.8. The maximum absolute atomic E-state index is 9.10. The van der Waals surface area contributed by atoms with Crippen molar-refractivity contribution in [3.8, 4) is 5.69 Å². The molecule has 0 aliphatic carbocycles. The summed E-state index contributed by atoms with van der Waals surface area (Å²) in [5.74, 6) is -3.65. The molecular formula is C18H18N4O4. The Balaban J connectivity index is 0.000000352. The third kappa shape index (κ3) is 6.17. The van der Waals surface area contributed by atoms with Crippen LogP contribution in [0.4, 0.5) is 0 Å². The number of nitrogens with one attached hydrogen (secondary N) is 1. The predicted octanol–water partition coefficient (Wildman–Crippen LogP) is 1.71. The highest BCUT2D eigenvalue weighted by Crippen LogP contribution is 2.04. The normalized spacial score (nSPS) is 9.85. The molecular weight excluding hydrogens is 336 g/mol. The molecule has 26 heavy (non-hydrogen) atoms. The zero-order valence-electron chi connectivity index (χ0n) is 13.8. The van der Waals surface area contributed by atoms with Gasteiger partial charge in [-0.2, -0.15) is 15.0 Å². The minimum atomic E-state index is -1.82. The van der Waals surface area contributed by atoms with Crippen molar-refractivity contribution in [2.24, 2.45) is 0 Å². The number of carbonyl (C=O) groups is 2. The molecule has 0 amide bonds. The fraction of sp³-hybridized carbons (Fsp3) is 0.111. The van der Waals surface area contributed by atoms with Gasteiger partial charge in [-0.25, -0.2) is 9.59 Å². The number of nitrogens with zero attached hydrogens (tertiary/aromatic N) is 3. The first-order valence-corrected chi connectivity index (χ1v) is 7.74. The van der Waals surface area contributed by atoms with Gasteiger partial charge < -0.3 is 15.5 Å². The number of hydrogen-bond acceptors (Lipinski definition) is 5. The monoisotopic (exact) mass is 354 g/mol. The quantitative estimate of drug-likeness (QED) is 0.597. The standard InChI is InChI=1S/C16H16N4.C2H2O4/c1-3-7-14(8-4-1)11-17-12-15-13-18-20(19-15)16-9-5-2-6-10-16;3-1(4)2(5)6/h1-10,13,17H,11-12H2;(H,3,4)(H,5,6). The lowest BCUT2D eigenvalue weighted by Gasteiger charge is -2.02. The van der Waals surface area contributed by atoms with Crippen LogP contribution in [0.1, 0.15) is 11.3 Å². The smallest absolute Gasteiger partial charge is 0.414 e. The molecule has 134 valence electrons. The van der Waals surface area contributed by atoms with Gasteiger partial charge in [-0.3, -0.25) is 0 Å². The molecule has 3 rings (SSSR count). The van der Waals surface area contributed by atoms with Crippen LogP contribution < -0.4 is 5.32 Å². The Morgan fingerprint density at radius 1 is 0.885 bits per heavy atom. The van der Waals surface area contributed by atoms with Gasteiger partial charge >= 0.3 is 11.9 Å². The lowest BCUT2D eigenvalue weighted by molar-refractivity contribution is -0.159. The van der Waals surface area contributed by atoms with E-state index in [4.69, 9.17) is 19.8 Å². The number of aromatic nitrogens is 3.